The predicted octanol–water partition coefficient (Wildman–Crippen LogP) is 2.40. The second kappa shape index (κ2) is 8.02. The average molecular weight is 376 g/mol. The number of nitrogens with two attached hydrogens (primary N) is 2. The number of para-hydroxylation sites is 1. The Morgan fingerprint density at radius 3 is 2.46 bits per heavy atom. The summed E-state index contributed by atoms with van der Waals surface area (Å²) in [5.41, 5.74) is 15.1. The van der Waals surface area contributed by atoms with Gasteiger partial charge in [0.15, 0.2) is 0 Å². The third kappa shape index (κ3) is 4.07. The number of nitrogen functional groups attached to an aromatic ring is 1. The Bertz CT molecular complexity index is 1070. The standard InChI is InChI=1S/C22H21N3O3/c1-25-19-5-3-2-4-17(19)15(9-6-14-7-10-16(23)11-8-14)12-20(25)21(26)13-18(24)22(27)28/h2-12,18,23H,13,24H2,1H3,(H,27,28)/p+1. The van der Waals surface area contributed by atoms with Crippen LogP contribution in [0.4, 0.5) is 5.69 Å². The Morgan fingerprint density at radius 1 is 1.11 bits per heavy atom. The molecule has 6 nitrogen and oxygen atoms in total. The highest BCUT2D eigenvalue weighted by molar-refractivity contribution is 5.99. The zero-order valence-corrected chi connectivity index (χ0v) is 15.5. The van der Waals surface area contributed by atoms with Crippen molar-refractivity contribution in [3.05, 3.63) is 71.4 Å². The Labute approximate surface area is 162 Å². The van der Waals surface area contributed by atoms with Crippen molar-refractivity contribution in [1.82, 2.24) is 0 Å². The van der Waals surface area contributed by atoms with Gasteiger partial charge in [-0.25, -0.2) is 0 Å². The number of carboxylic acid groups (broad SMARTS) is 1. The number of nitrogens with zero attached hydrogens (tertiary/aromatic N) is 1. The smallest absolute Gasteiger partial charge is 0.320 e. The molecule has 3 aromatic rings. The van der Waals surface area contributed by atoms with Gasteiger partial charge in [-0.05, 0) is 29.3 Å². The third-order valence-electron chi connectivity index (χ3n) is 4.63. The highest BCUT2D eigenvalue weighted by Crippen LogP contribution is 2.21. The van der Waals surface area contributed by atoms with Gasteiger partial charge in [0.05, 0.1) is 5.39 Å². The zero-order valence-electron chi connectivity index (χ0n) is 15.5. The SMILES string of the molecule is C[n+]1c(C(=O)CC(N)C(=O)O)cc(C=Cc2ccc(N)cc2)c2ccccc21. The number of aryl methyl sites for hydroxylation is 1. The number of aliphatic carboxylic acids is 1. The lowest BCUT2D eigenvalue weighted by Crippen LogP contribution is -2.40. The lowest BCUT2D eigenvalue weighted by Gasteiger charge is -2.08. The molecule has 0 aliphatic heterocycles. The summed E-state index contributed by atoms with van der Waals surface area (Å²) in [6.45, 7) is 0. The molecule has 2 aromatic carbocycles. The molecule has 1 unspecified atom stereocenters. The van der Waals surface area contributed by atoms with Crippen molar-refractivity contribution in [2.75, 3.05) is 5.73 Å². The van der Waals surface area contributed by atoms with Crippen molar-refractivity contribution in [2.45, 2.75) is 12.5 Å². The number of carbonyl (C=O) groups is 2. The number of fused-ring (bicyclic) bond motifs is 1. The molecule has 0 spiro atoms. The maximum absolute atomic E-state index is 12.7. The first kappa shape index (κ1) is 19.3. The van der Waals surface area contributed by atoms with E-state index in [0.717, 1.165) is 22.0 Å². The minimum atomic E-state index is -1.23. The van der Waals surface area contributed by atoms with Crippen molar-refractivity contribution in [1.29, 1.82) is 0 Å². The minimum absolute atomic E-state index is 0.261. The molecular weight excluding hydrogens is 354 g/mol. The fourth-order valence-electron chi connectivity index (χ4n) is 3.05. The first-order valence-corrected chi connectivity index (χ1v) is 8.84. The van der Waals surface area contributed by atoms with E-state index >= 15 is 0 Å². The van der Waals surface area contributed by atoms with E-state index in [9.17, 15) is 9.59 Å². The molecule has 0 saturated carbocycles. The summed E-state index contributed by atoms with van der Waals surface area (Å²) >= 11 is 0. The number of hydrogen-bond donors (Lipinski definition) is 3. The number of benzene rings is 2. The molecule has 0 aliphatic rings. The van der Waals surface area contributed by atoms with Crippen LogP contribution in [0.25, 0.3) is 23.1 Å². The molecule has 0 amide bonds. The van der Waals surface area contributed by atoms with Gasteiger partial charge in [-0.15, -0.1) is 0 Å². The average Bonchev–Trinajstić information content (AvgIpc) is 2.68. The summed E-state index contributed by atoms with van der Waals surface area (Å²) < 4.78 is 1.77. The van der Waals surface area contributed by atoms with E-state index in [0.29, 0.717) is 11.4 Å². The molecule has 1 heterocycles. The van der Waals surface area contributed by atoms with Gasteiger partial charge in [-0.3, -0.25) is 9.59 Å². The summed E-state index contributed by atoms with van der Waals surface area (Å²) in [6, 6.07) is 15.7. The Balaban J connectivity index is 2.06. The van der Waals surface area contributed by atoms with Crippen LogP contribution in [0.3, 0.4) is 0 Å². The summed E-state index contributed by atoms with van der Waals surface area (Å²) in [7, 11) is 1.79. The van der Waals surface area contributed by atoms with E-state index < -0.39 is 12.0 Å². The van der Waals surface area contributed by atoms with Gasteiger partial charge >= 0.3 is 5.97 Å². The second-order valence-corrected chi connectivity index (χ2v) is 6.63. The molecule has 0 radical (unpaired) electrons. The van der Waals surface area contributed by atoms with E-state index in [1.807, 2.05) is 60.7 Å². The van der Waals surface area contributed by atoms with Gasteiger partial charge in [-0.1, -0.05) is 36.4 Å². The summed E-state index contributed by atoms with van der Waals surface area (Å²) in [4.78, 5) is 23.7. The fraction of sp³-hybridized carbons (Fsp3) is 0.136. The Kier molecular flexibility index (Phi) is 5.52. The summed E-state index contributed by atoms with van der Waals surface area (Å²) in [6.07, 6.45) is 3.61. The van der Waals surface area contributed by atoms with Gasteiger partial charge in [0, 0.05) is 24.2 Å². The molecule has 142 valence electrons. The van der Waals surface area contributed by atoms with Crippen molar-refractivity contribution < 1.29 is 19.3 Å². The van der Waals surface area contributed by atoms with Crippen molar-refractivity contribution >= 4 is 40.5 Å². The van der Waals surface area contributed by atoms with Crippen LogP contribution in [0.2, 0.25) is 0 Å². The van der Waals surface area contributed by atoms with Crippen molar-refractivity contribution in [3.8, 4) is 0 Å². The monoisotopic (exact) mass is 376 g/mol. The van der Waals surface area contributed by atoms with Crippen LogP contribution in [-0.4, -0.2) is 22.9 Å². The van der Waals surface area contributed by atoms with E-state index in [1.165, 1.54) is 0 Å². The maximum atomic E-state index is 12.7. The topological polar surface area (TPSA) is 110 Å². The van der Waals surface area contributed by atoms with Crippen LogP contribution in [0.1, 0.15) is 28.0 Å². The Hall–Kier alpha value is -3.51. The molecule has 0 bridgehead atoms. The number of ketones is 1. The number of pyridine rings is 1. The molecule has 1 atom stereocenters. The van der Waals surface area contributed by atoms with Crippen LogP contribution in [0.15, 0.2) is 54.6 Å². The molecular formula is C22H22N3O3+. The fourth-order valence-corrected chi connectivity index (χ4v) is 3.05. The summed E-state index contributed by atoms with van der Waals surface area (Å²) in [5.74, 6) is -1.51. The number of Topliss-reactive ketones (excluding diaryl/α,β-unsaturated/α-hetero) is 1. The molecule has 28 heavy (non-hydrogen) atoms. The highest BCUT2D eigenvalue weighted by atomic mass is 16.4. The minimum Gasteiger partial charge on any atom is -0.480 e. The molecule has 0 fully saturated rings. The molecule has 6 heteroatoms. The molecule has 0 saturated heterocycles. The van der Waals surface area contributed by atoms with Crippen LogP contribution < -0.4 is 16.0 Å². The van der Waals surface area contributed by atoms with E-state index in [-0.39, 0.29) is 12.2 Å². The van der Waals surface area contributed by atoms with Crippen molar-refractivity contribution in [3.63, 3.8) is 0 Å². The van der Waals surface area contributed by atoms with Crippen LogP contribution >= 0.6 is 0 Å². The first-order chi connectivity index (χ1) is 13.4. The molecule has 0 aliphatic carbocycles. The van der Waals surface area contributed by atoms with Crippen LogP contribution in [0.5, 0.6) is 0 Å². The number of rotatable bonds is 6. The predicted molar refractivity (Wildman–Crippen MR) is 109 cm³/mol. The van der Waals surface area contributed by atoms with Gasteiger partial charge in [0.25, 0.3) is 0 Å². The van der Waals surface area contributed by atoms with Gasteiger partial charge < -0.3 is 16.6 Å². The van der Waals surface area contributed by atoms with Gasteiger partial charge in [0.2, 0.25) is 17.0 Å². The second-order valence-electron chi connectivity index (χ2n) is 6.63. The lowest BCUT2D eigenvalue weighted by atomic mass is 10.0. The number of hydrogen-bond acceptors (Lipinski definition) is 4. The third-order valence-corrected chi connectivity index (χ3v) is 4.63. The Morgan fingerprint density at radius 2 is 1.79 bits per heavy atom. The quantitative estimate of drug-likeness (QED) is 0.348. The van der Waals surface area contributed by atoms with Crippen LogP contribution in [0, 0.1) is 0 Å². The molecule has 3 rings (SSSR count). The molecule has 1 aromatic heterocycles. The summed E-state index contributed by atoms with van der Waals surface area (Å²) in [5, 5.41) is 9.98. The normalized spacial score (nSPS) is 12.4. The maximum Gasteiger partial charge on any atom is 0.320 e. The largest absolute Gasteiger partial charge is 0.480 e. The molecule has 5 N–H and O–H groups in total. The lowest BCUT2D eigenvalue weighted by molar-refractivity contribution is -0.646. The number of aromatic nitrogens is 1. The highest BCUT2D eigenvalue weighted by Gasteiger charge is 2.25. The zero-order chi connectivity index (χ0) is 20.3. The van der Waals surface area contributed by atoms with Crippen molar-refractivity contribution in [2.24, 2.45) is 12.8 Å². The number of anilines is 1. The number of carbonyl (C=O) groups excluding carboxylic acids is 1. The van der Waals surface area contributed by atoms with Crippen LogP contribution in [-0.2, 0) is 11.8 Å². The number of carboxylic acids is 1. The van der Waals surface area contributed by atoms with E-state index in [4.69, 9.17) is 16.6 Å². The van der Waals surface area contributed by atoms with E-state index in [1.54, 1.807) is 17.7 Å². The van der Waals surface area contributed by atoms with E-state index in [2.05, 4.69) is 0 Å². The first-order valence-electron chi connectivity index (χ1n) is 8.84. The van der Waals surface area contributed by atoms with Gasteiger partial charge in [0.1, 0.15) is 13.1 Å². The van der Waals surface area contributed by atoms with Gasteiger partial charge in [-0.2, -0.15) is 4.57 Å².